The number of carbonyl (C=O) groups is 2. The largest absolute Gasteiger partial charge is 0.489 e. The van der Waals surface area contributed by atoms with Crippen LogP contribution in [0.1, 0.15) is 87.6 Å². The van der Waals surface area contributed by atoms with Crippen LogP contribution >= 0.6 is 0 Å². The van der Waals surface area contributed by atoms with Gasteiger partial charge in [0.1, 0.15) is 24.6 Å². The number of rotatable bonds is 12. The molecule has 1 aliphatic rings. The van der Waals surface area contributed by atoms with Gasteiger partial charge >= 0.3 is 24.3 Å². The Morgan fingerprint density at radius 1 is 0.955 bits per heavy atom. The van der Waals surface area contributed by atoms with Crippen molar-refractivity contribution in [3.63, 3.8) is 0 Å². The lowest BCUT2D eigenvalue weighted by atomic mass is 9.69. The van der Waals surface area contributed by atoms with Gasteiger partial charge in [-0.05, 0) is 86.8 Å². The standard InChI is InChI=1S/C33H40F6O5/c1-7-31(8-2,25-12-14-27(21(4)18-25)42-19-26-13-16-29(41)44-26)24-11-9-23(20(3)17-24)10-15-28(43-22(5)40)30(6,32(34,35)36)33(37,38)39/h9,11-12,14,17-18,26,28H,7-8,10,13,15-16,19H2,1-6H3. The molecule has 1 saturated heterocycles. The van der Waals surface area contributed by atoms with Crippen LogP contribution in [0.4, 0.5) is 26.3 Å². The Morgan fingerprint density at radius 2 is 1.52 bits per heavy atom. The van der Waals surface area contributed by atoms with Crippen molar-refractivity contribution in [3.05, 3.63) is 64.2 Å². The first kappa shape index (κ1) is 35.2. The highest BCUT2D eigenvalue weighted by atomic mass is 19.4. The molecule has 2 atom stereocenters. The van der Waals surface area contributed by atoms with Gasteiger partial charge in [0, 0.05) is 18.8 Å². The van der Waals surface area contributed by atoms with Crippen LogP contribution in [0.25, 0.3) is 0 Å². The highest BCUT2D eigenvalue weighted by Crippen LogP contribution is 2.54. The first-order valence-corrected chi connectivity index (χ1v) is 14.7. The third-order valence-corrected chi connectivity index (χ3v) is 9.03. The third-order valence-electron chi connectivity index (χ3n) is 9.03. The van der Waals surface area contributed by atoms with Crippen LogP contribution in [0, 0.1) is 19.3 Å². The summed E-state index contributed by atoms with van der Waals surface area (Å²) in [6, 6.07) is 11.4. The maximum atomic E-state index is 13.8. The van der Waals surface area contributed by atoms with E-state index in [2.05, 4.69) is 18.6 Å². The lowest BCUT2D eigenvalue weighted by molar-refractivity contribution is -0.359. The molecule has 11 heteroatoms. The zero-order valence-electron chi connectivity index (χ0n) is 25.9. The minimum Gasteiger partial charge on any atom is -0.489 e. The molecule has 0 amide bonds. The van der Waals surface area contributed by atoms with Crippen LogP contribution in [0.2, 0.25) is 0 Å². The van der Waals surface area contributed by atoms with Crippen LogP contribution < -0.4 is 4.74 Å². The highest BCUT2D eigenvalue weighted by molar-refractivity contribution is 5.71. The van der Waals surface area contributed by atoms with Gasteiger partial charge in [0.2, 0.25) is 0 Å². The molecule has 44 heavy (non-hydrogen) atoms. The fraction of sp³-hybridized carbons (Fsp3) is 0.576. The van der Waals surface area contributed by atoms with Crippen molar-refractivity contribution in [1.82, 2.24) is 0 Å². The highest BCUT2D eigenvalue weighted by Gasteiger charge is 2.72. The van der Waals surface area contributed by atoms with E-state index in [1.807, 2.05) is 37.3 Å². The van der Waals surface area contributed by atoms with Crippen molar-refractivity contribution >= 4 is 11.9 Å². The number of ether oxygens (including phenoxy) is 3. The number of carbonyl (C=O) groups excluding carboxylic acids is 2. The predicted octanol–water partition coefficient (Wildman–Crippen LogP) is 8.49. The van der Waals surface area contributed by atoms with Crippen LogP contribution in [-0.4, -0.2) is 43.1 Å². The van der Waals surface area contributed by atoms with Crippen molar-refractivity contribution in [2.24, 2.45) is 5.41 Å². The lowest BCUT2D eigenvalue weighted by Crippen LogP contribution is -2.56. The molecule has 0 bridgehead atoms. The summed E-state index contributed by atoms with van der Waals surface area (Å²) in [5, 5.41) is 0. The monoisotopic (exact) mass is 630 g/mol. The Labute approximate surface area is 254 Å². The van der Waals surface area contributed by atoms with E-state index in [0.717, 1.165) is 36.5 Å². The van der Waals surface area contributed by atoms with Gasteiger partial charge in [-0.2, -0.15) is 26.3 Å². The summed E-state index contributed by atoms with van der Waals surface area (Å²) in [7, 11) is 0. The molecule has 244 valence electrons. The number of alkyl halides is 6. The maximum absolute atomic E-state index is 13.8. The van der Waals surface area contributed by atoms with E-state index in [4.69, 9.17) is 9.47 Å². The lowest BCUT2D eigenvalue weighted by Gasteiger charge is -2.39. The van der Waals surface area contributed by atoms with Crippen molar-refractivity contribution in [3.8, 4) is 5.75 Å². The Morgan fingerprint density at radius 3 is 1.98 bits per heavy atom. The van der Waals surface area contributed by atoms with Gasteiger partial charge in [-0.1, -0.05) is 44.2 Å². The summed E-state index contributed by atoms with van der Waals surface area (Å²) >= 11 is 0. The van der Waals surface area contributed by atoms with Gasteiger partial charge in [-0.25, -0.2) is 0 Å². The zero-order chi connectivity index (χ0) is 33.1. The fourth-order valence-electron chi connectivity index (χ4n) is 5.98. The van der Waals surface area contributed by atoms with Crippen LogP contribution in [0.3, 0.4) is 0 Å². The third kappa shape index (κ3) is 7.18. The van der Waals surface area contributed by atoms with E-state index in [-0.39, 0.29) is 32.0 Å². The number of halogens is 6. The minimum absolute atomic E-state index is 0.0369. The van der Waals surface area contributed by atoms with Gasteiger partial charge < -0.3 is 14.2 Å². The number of aryl methyl sites for hydroxylation is 3. The second kappa shape index (κ2) is 13.4. The van der Waals surface area contributed by atoms with Gasteiger partial charge in [-0.15, -0.1) is 0 Å². The predicted molar refractivity (Wildman–Crippen MR) is 152 cm³/mol. The van der Waals surface area contributed by atoms with Crippen molar-refractivity contribution in [1.29, 1.82) is 0 Å². The molecule has 0 radical (unpaired) electrons. The van der Waals surface area contributed by atoms with Gasteiger partial charge in [0.25, 0.3) is 0 Å². The summed E-state index contributed by atoms with van der Waals surface area (Å²) in [6.45, 7) is 8.90. The molecule has 2 unspecified atom stereocenters. The SMILES string of the molecule is CCC(CC)(c1ccc(CCC(OC(C)=O)C(C)(C(F)(F)F)C(F)(F)F)c(C)c1)c1ccc(OCC2CCC(=O)O2)c(C)c1. The van der Waals surface area contributed by atoms with E-state index in [1.54, 1.807) is 13.0 Å². The molecular formula is C33H40F6O5. The summed E-state index contributed by atoms with van der Waals surface area (Å²) < 4.78 is 98.5. The number of benzene rings is 2. The number of hydrogen-bond donors (Lipinski definition) is 0. The Kier molecular flexibility index (Phi) is 10.7. The summed E-state index contributed by atoms with van der Waals surface area (Å²) in [5.41, 5.74) is -0.479. The molecule has 1 fully saturated rings. The van der Waals surface area contributed by atoms with E-state index in [1.165, 1.54) is 0 Å². The van der Waals surface area contributed by atoms with Gasteiger partial charge in [-0.3, -0.25) is 9.59 Å². The second-order valence-corrected chi connectivity index (χ2v) is 11.7. The molecule has 0 aromatic heterocycles. The quantitative estimate of drug-likeness (QED) is 0.174. The molecule has 1 aliphatic heterocycles. The van der Waals surface area contributed by atoms with Crippen LogP contribution in [0.5, 0.6) is 5.75 Å². The molecule has 5 nitrogen and oxygen atoms in total. The molecule has 2 aromatic carbocycles. The van der Waals surface area contributed by atoms with Crippen molar-refractivity contribution in [2.75, 3.05) is 6.61 Å². The number of hydrogen-bond acceptors (Lipinski definition) is 5. The minimum atomic E-state index is -5.69. The smallest absolute Gasteiger partial charge is 0.406 e. The summed E-state index contributed by atoms with van der Waals surface area (Å²) in [5.74, 6) is -0.768. The Balaban J connectivity index is 1.87. The van der Waals surface area contributed by atoms with E-state index >= 15 is 0 Å². The topological polar surface area (TPSA) is 61.8 Å². The molecule has 2 aromatic rings. The van der Waals surface area contributed by atoms with Crippen LogP contribution in [0.15, 0.2) is 36.4 Å². The van der Waals surface area contributed by atoms with Crippen molar-refractivity contribution < 1.29 is 50.1 Å². The summed E-state index contributed by atoms with van der Waals surface area (Å²) in [6.07, 6.45) is -12.5. The molecule has 0 spiro atoms. The van der Waals surface area contributed by atoms with Crippen molar-refractivity contribution in [2.45, 2.75) is 110 Å². The fourth-order valence-corrected chi connectivity index (χ4v) is 5.98. The average Bonchev–Trinajstić information content (AvgIpc) is 3.35. The molecule has 0 aliphatic carbocycles. The average molecular weight is 631 g/mol. The van der Waals surface area contributed by atoms with E-state index in [9.17, 15) is 35.9 Å². The normalized spacial score (nSPS) is 16.9. The zero-order valence-corrected chi connectivity index (χ0v) is 25.9. The molecule has 3 rings (SSSR count). The molecule has 0 N–H and O–H groups in total. The van der Waals surface area contributed by atoms with Crippen LogP contribution in [-0.2, 0) is 30.9 Å². The number of esters is 2. The van der Waals surface area contributed by atoms with E-state index < -0.39 is 41.7 Å². The number of cyclic esters (lactones) is 1. The van der Waals surface area contributed by atoms with E-state index in [0.29, 0.717) is 29.7 Å². The first-order chi connectivity index (χ1) is 20.4. The Hall–Kier alpha value is -3.24. The molecular weight excluding hydrogens is 590 g/mol. The van der Waals surface area contributed by atoms with Gasteiger partial charge in [0.05, 0.1) is 0 Å². The maximum Gasteiger partial charge on any atom is 0.406 e. The Bertz CT molecular complexity index is 1310. The summed E-state index contributed by atoms with van der Waals surface area (Å²) in [4.78, 5) is 22.9. The first-order valence-electron chi connectivity index (χ1n) is 14.7. The van der Waals surface area contributed by atoms with Gasteiger partial charge in [0.15, 0.2) is 5.41 Å². The molecule has 0 saturated carbocycles. The second-order valence-electron chi connectivity index (χ2n) is 11.7. The molecule has 1 heterocycles.